The van der Waals surface area contributed by atoms with Crippen LogP contribution in [0.1, 0.15) is 35.2 Å². The van der Waals surface area contributed by atoms with E-state index in [9.17, 15) is 4.39 Å². The van der Waals surface area contributed by atoms with Gasteiger partial charge in [-0.3, -0.25) is 9.67 Å². The fourth-order valence-corrected chi connectivity index (χ4v) is 3.30. The summed E-state index contributed by atoms with van der Waals surface area (Å²) >= 11 is 5.36. The number of hydrogen-bond donors (Lipinski definition) is 1. The Morgan fingerprint density at radius 1 is 1.09 bits per heavy atom. The molecule has 0 aliphatic heterocycles. The zero-order valence-electron chi connectivity index (χ0n) is 12.7. The second-order valence-electron chi connectivity index (χ2n) is 6.06. The summed E-state index contributed by atoms with van der Waals surface area (Å²) in [6, 6.07) is 15.0. The van der Waals surface area contributed by atoms with Crippen molar-refractivity contribution < 1.29 is 4.39 Å². The lowest BCUT2D eigenvalue weighted by molar-refractivity contribution is 0.627. The molecule has 1 saturated carbocycles. The van der Waals surface area contributed by atoms with Crippen LogP contribution in [0, 0.1) is 17.5 Å². The van der Waals surface area contributed by atoms with Crippen molar-refractivity contribution in [1.29, 1.82) is 0 Å². The number of nitrogens with zero attached hydrogens (tertiary/aromatic N) is 2. The number of hydrogen-bond acceptors (Lipinski definition) is 2. The van der Waals surface area contributed by atoms with E-state index in [0.717, 1.165) is 17.9 Å². The molecule has 0 unspecified atom stereocenters. The van der Waals surface area contributed by atoms with E-state index in [4.69, 9.17) is 12.2 Å². The Balaban J connectivity index is 1.68. The van der Waals surface area contributed by atoms with Gasteiger partial charge in [-0.25, -0.2) is 4.39 Å². The Labute approximate surface area is 138 Å². The molecule has 2 atom stereocenters. The van der Waals surface area contributed by atoms with Gasteiger partial charge >= 0.3 is 0 Å². The molecule has 3 aromatic rings. The van der Waals surface area contributed by atoms with E-state index in [1.807, 2.05) is 4.57 Å². The summed E-state index contributed by atoms with van der Waals surface area (Å²) in [5, 5.41) is 7.30. The molecule has 0 spiro atoms. The molecule has 5 heteroatoms. The molecule has 1 fully saturated rings. The zero-order valence-corrected chi connectivity index (χ0v) is 13.5. The molecular weight excluding hydrogens is 309 g/mol. The molecule has 3 nitrogen and oxygen atoms in total. The van der Waals surface area contributed by atoms with Crippen molar-refractivity contribution in [1.82, 2.24) is 14.8 Å². The predicted octanol–water partition coefficient (Wildman–Crippen LogP) is 4.65. The topological polar surface area (TPSA) is 33.6 Å². The summed E-state index contributed by atoms with van der Waals surface area (Å²) in [5.74, 6) is 1.48. The third-order valence-corrected chi connectivity index (χ3v) is 4.68. The molecule has 1 N–H and O–H groups in total. The monoisotopic (exact) mass is 325 g/mol. The van der Waals surface area contributed by atoms with Crippen molar-refractivity contribution in [3.63, 3.8) is 0 Å². The van der Waals surface area contributed by atoms with Gasteiger partial charge in [-0.2, -0.15) is 5.10 Å². The highest BCUT2D eigenvalue weighted by molar-refractivity contribution is 7.71. The number of rotatable bonds is 3. The molecule has 23 heavy (non-hydrogen) atoms. The van der Waals surface area contributed by atoms with Crippen molar-refractivity contribution in [2.24, 2.45) is 0 Å². The maximum absolute atomic E-state index is 13.2. The summed E-state index contributed by atoms with van der Waals surface area (Å²) in [5.41, 5.74) is 3.44. The molecular formula is C18H16FN3S. The summed E-state index contributed by atoms with van der Waals surface area (Å²) < 4.78 is 15.6. The van der Waals surface area contributed by atoms with Crippen molar-refractivity contribution in [2.75, 3.05) is 0 Å². The first kappa shape index (κ1) is 14.3. The van der Waals surface area contributed by atoms with E-state index < -0.39 is 0 Å². The fraction of sp³-hybridized carbons (Fsp3) is 0.222. The van der Waals surface area contributed by atoms with Crippen molar-refractivity contribution in [3.8, 4) is 5.69 Å². The third kappa shape index (κ3) is 2.61. The van der Waals surface area contributed by atoms with Gasteiger partial charge in [-0.15, -0.1) is 0 Å². The van der Waals surface area contributed by atoms with Crippen molar-refractivity contribution in [2.45, 2.75) is 25.2 Å². The molecule has 0 saturated heterocycles. The van der Waals surface area contributed by atoms with E-state index in [1.54, 1.807) is 12.1 Å². The van der Waals surface area contributed by atoms with Gasteiger partial charge in [0.05, 0.1) is 0 Å². The Morgan fingerprint density at radius 2 is 1.78 bits per heavy atom. The Hall–Kier alpha value is -2.27. The standard InChI is InChI=1S/C18H16FN3S/c1-11-2-4-12(5-3-11)15-10-16(15)17-20-21-18(23)22(17)14-8-6-13(19)7-9-14/h2-9,15-16H,10H2,1H3,(H,21,23)/t15-,16+/m0/s1. The molecule has 116 valence electrons. The van der Waals surface area contributed by atoms with Gasteiger partial charge < -0.3 is 0 Å². The van der Waals surface area contributed by atoms with E-state index in [-0.39, 0.29) is 5.82 Å². The van der Waals surface area contributed by atoms with Crippen LogP contribution in [0.15, 0.2) is 48.5 Å². The lowest BCUT2D eigenvalue weighted by Gasteiger charge is -2.07. The van der Waals surface area contributed by atoms with Crippen molar-refractivity contribution in [3.05, 3.63) is 76.1 Å². The van der Waals surface area contributed by atoms with Gasteiger partial charge in [-0.05, 0) is 61.3 Å². The SMILES string of the molecule is Cc1ccc([C@@H]2C[C@H]2c2n[nH]c(=S)n2-c2ccc(F)cc2)cc1. The molecule has 1 heterocycles. The van der Waals surface area contributed by atoms with Crippen LogP contribution in [-0.4, -0.2) is 14.8 Å². The number of nitrogens with one attached hydrogen (secondary N) is 1. The first-order chi connectivity index (χ1) is 11.1. The first-order valence-electron chi connectivity index (χ1n) is 7.63. The highest BCUT2D eigenvalue weighted by Gasteiger charge is 2.43. The number of halogens is 1. The number of aromatic nitrogens is 3. The van der Waals surface area contributed by atoms with Crippen LogP contribution in [-0.2, 0) is 0 Å². The summed E-state index contributed by atoms with van der Waals surface area (Å²) in [6.45, 7) is 2.09. The van der Waals surface area contributed by atoms with Crippen LogP contribution >= 0.6 is 12.2 Å². The summed E-state index contributed by atoms with van der Waals surface area (Å²) in [7, 11) is 0. The third-order valence-electron chi connectivity index (χ3n) is 4.41. The number of H-pyrrole nitrogens is 1. The van der Waals surface area contributed by atoms with Crippen LogP contribution in [0.2, 0.25) is 0 Å². The molecule has 4 rings (SSSR count). The molecule has 1 aromatic heterocycles. The Morgan fingerprint density at radius 3 is 2.48 bits per heavy atom. The lowest BCUT2D eigenvalue weighted by Crippen LogP contribution is -2.01. The average molecular weight is 325 g/mol. The highest BCUT2D eigenvalue weighted by Crippen LogP contribution is 2.54. The normalized spacial score (nSPS) is 19.7. The smallest absolute Gasteiger partial charge is 0.199 e. The van der Waals surface area contributed by atoms with Gasteiger partial charge in [0, 0.05) is 11.6 Å². The molecule has 1 aliphatic carbocycles. The highest BCUT2D eigenvalue weighted by atomic mass is 32.1. The Kier molecular flexibility index (Phi) is 3.38. The molecule has 1 aliphatic rings. The van der Waals surface area contributed by atoms with Gasteiger partial charge in [0.1, 0.15) is 11.6 Å². The molecule has 0 radical (unpaired) electrons. The zero-order chi connectivity index (χ0) is 16.0. The van der Waals surface area contributed by atoms with E-state index in [1.165, 1.54) is 23.3 Å². The summed E-state index contributed by atoms with van der Waals surface area (Å²) in [6.07, 6.45) is 1.06. The minimum absolute atomic E-state index is 0.255. The van der Waals surface area contributed by atoms with Gasteiger partial charge in [0.25, 0.3) is 0 Å². The second kappa shape index (κ2) is 5.42. The fourth-order valence-electron chi connectivity index (χ4n) is 3.06. The maximum Gasteiger partial charge on any atom is 0.199 e. The maximum atomic E-state index is 13.2. The lowest BCUT2D eigenvalue weighted by atomic mass is 10.1. The van der Waals surface area contributed by atoms with Gasteiger partial charge in [-0.1, -0.05) is 29.8 Å². The average Bonchev–Trinajstić information content (AvgIpc) is 3.25. The van der Waals surface area contributed by atoms with Gasteiger partial charge in [0.15, 0.2) is 4.77 Å². The van der Waals surface area contributed by atoms with Crippen LogP contribution < -0.4 is 0 Å². The number of aromatic amines is 1. The Bertz CT molecular complexity index is 893. The quantitative estimate of drug-likeness (QED) is 0.711. The van der Waals surface area contributed by atoms with Crippen molar-refractivity contribution >= 4 is 12.2 Å². The minimum atomic E-state index is -0.255. The van der Waals surface area contributed by atoms with Crippen LogP contribution in [0.3, 0.4) is 0 Å². The minimum Gasteiger partial charge on any atom is -0.272 e. The number of benzene rings is 2. The molecule has 2 aromatic carbocycles. The first-order valence-corrected chi connectivity index (χ1v) is 8.04. The van der Waals surface area contributed by atoms with E-state index in [2.05, 4.69) is 41.4 Å². The van der Waals surface area contributed by atoms with Crippen LogP contribution in [0.4, 0.5) is 4.39 Å². The molecule has 0 bridgehead atoms. The predicted molar refractivity (Wildman–Crippen MR) is 90.0 cm³/mol. The molecule has 0 amide bonds. The summed E-state index contributed by atoms with van der Waals surface area (Å²) in [4.78, 5) is 0. The number of aryl methyl sites for hydroxylation is 1. The van der Waals surface area contributed by atoms with Crippen LogP contribution in [0.25, 0.3) is 5.69 Å². The van der Waals surface area contributed by atoms with Gasteiger partial charge in [0.2, 0.25) is 0 Å². The second-order valence-corrected chi connectivity index (χ2v) is 6.44. The largest absolute Gasteiger partial charge is 0.272 e. The van der Waals surface area contributed by atoms with Crippen LogP contribution in [0.5, 0.6) is 0 Å². The van der Waals surface area contributed by atoms with E-state index >= 15 is 0 Å². The van der Waals surface area contributed by atoms with E-state index in [0.29, 0.717) is 16.6 Å².